The molecule has 3 aliphatic rings. The first-order valence-corrected chi connectivity index (χ1v) is 11.8. The van der Waals surface area contributed by atoms with Crippen molar-refractivity contribution in [3.8, 4) is 0 Å². The SMILES string of the molecule is CC1(C)CCNc2cc(Nc3nc4c(N5CCC6(CC5)CNC(=O)C6)nccn4n3)ccc21. The van der Waals surface area contributed by atoms with E-state index in [1.807, 2.05) is 6.20 Å². The lowest BCUT2D eigenvalue weighted by Crippen LogP contribution is -2.41. The number of fused-ring (bicyclic) bond motifs is 2. The second-order valence-corrected chi connectivity index (χ2v) is 10.3. The second-order valence-electron chi connectivity index (χ2n) is 10.3. The van der Waals surface area contributed by atoms with Crippen LogP contribution in [0.4, 0.5) is 23.1 Å². The molecule has 3 N–H and O–H groups in total. The van der Waals surface area contributed by atoms with E-state index in [0.717, 1.165) is 62.6 Å². The Morgan fingerprint density at radius 3 is 2.76 bits per heavy atom. The molecule has 1 amide bonds. The van der Waals surface area contributed by atoms with Crippen molar-refractivity contribution in [3.63, 3.8) is 0 Å². The van der Waals surface area contributed by atoms with Crippen LogP contribution in [0.15, 0.2) is 30.6 Å². The van der Waals surface area contributed by atoms with E-state index in [2.05, 4.69) is 63.0 Å². The highest BCUT2D eigenvalue weighted by molar-refractivity contribution is 5.79. The van der Waals surface area contributed by atoms with Crippen molar-refractivity contribution in [1.29, 1.82) is 0 Å². The van der Waals surface area contributed by atoms with Crippen LogP contribution in [-0.4, -0.2) is 51.7 Å². The average Bonchev–Trinajstić information content (AvgIpc) is 3.36. The zero-order chi connectivity index (χ0) is 22.6. The molecule has 2 saturated heterocycles. The summed E-state index contributed by atoms with van der Waals surface area (Å²) in [5.41, 5.74) is 4.50. The van der Waals surface area contributed by atoms with Gasteiger partial charge < -0.3 is 20.9 Å². The number of anilines is 4. The van der Waals surface area contributed by atoms with Crippen LogP contribution in [0, 0.1) is 5.41 Å². The van der Waals surface area contributed by atoms with Crippen molar-refractivity contribution in [3.05, 3.63) is 36.2 Å². The molecule has 0 saturated carbocycles. The van der Waals surface area contributed by atoms with Gasteiger partial charge in [-0.15, -0.1) is 5.10 Å². The van der Waals surface area contributed by atoms with E-state index in [0.29, 0.717) is 12.4 Å². The van der Waals surface area contributed by atoms with Gasteiger partial charge in [-0.2, -0.15) is 4.98 Å². The Balaban J connectivity index is 1.23. The Hall–Kier alpha value is -3.36. The molecular formula is C24H30N8O. The lowest BCUT2D eigenvalue weighted by molar-refractivity contribution is -0.119. The number of carbonyl (C=O) groups is 1. The standard InChI is InChI=1S/C24H30N8O/c1-23(2)5-8-25-18-13-16(3-4-17(18)23)28-22-29-21-20(26-9-12-32(21)30-22)31-10-6-24(7-11-31)14-19(33)27-15-24/h3-4,9,12-13,25H,5-8,10-11,14-15H2,1-2H3,(H,27,33)(H,28,30). The van der Waals surface area contributed by atoms with Crippen LogP contribution < -0.4 is 20.9 Å². The Morgan fingerprint density at radius 1 is 1.12 bits per heavy atom. The molecule has 2 aromatic heterocycles. The van der Waals surface area contributed by atoms with Gasteiger partial charge in [-0.05, 0) is 47.8 Å². The van der Waals surface area contributed by atoms with Crippen LogP contribution in [0.3, 0.4) is 0 Å². The van der Waals surface area contributed by atoms with Crippen molar-refractivity contribution in [1.82, 2.24) is 24.9 Å². The molecule has 1 aromatic carbocycles. The van der Waals surface area contributed by atoms with Gasteiger partial charge in [-0.1, -0.05) is 19.9 Å². The first-order chi connectivity index (χ1) is 15.9. The Labute approximate surface area is 193 Å². The van der Waals surface area contributed by atoms with E-state index < -0.39 is 0 Å². The molecule has 0 unspecified atom stereocenters. The van der Waals surface area contributed by atoms with E-state index in [1.54, 1.807) is 10.7 Å². The highest BCUT2D eigenvalue weighted by Crippen LogP contribution is 2.40. The predicted molar refractivity (Wildman–Crippen MR) is 128 cm³/mol. The van der Waals surface area contributed by atoms with Crippen molar-refractivity contribution in [2.24, 2.45) is 5.41 Å². The summed E-state index contributed by atoms with van der Waals surface area (Å²) >= 11 is 0. The van der Waals surface area contributed by atoms with Crippen LogP contribution in [-0.2, 0) is 10.2 Å². The molecule has 0 radical (unpaired) electrons. The van der Waals surface area contributed by atoms with Gasteiger partial charge in [0.05, 0.1) is 0 Å². The number of carbonyl (C=O) groups excluding carboxylic acids is 1. The van der Waals surface area contributed by atoms with E-state index >= 15 is 0 Å². The summed E-state index contributed by atoms with van der Waals surface area (Å²) < 4.78 is 1.79. The summed E-state index contributed by atoms with van der Waals surface area (Å²) in [6.07, 6.45) is 7.33. The molecule has 0 aliphatic carbocycles. The molecule has 6 rings (SSSR count). The van der Waals surface area contributed by atoms with Gasteiger partial charge in [-0.3, -0.25) is 4.79 Å². The summed E-state index contributed by atoms with van der Waals surface area (Å²) in [6, 6.07) is 6.43. The number of aromatic nitrogens is 4. The molecule has 1 spiro atoms. The summed E-state index contributed by atoms with van der Waals surface area (Å²) in [6.45, 7) is 8.09. The van der Waals surface area contributed by atoms with E-state index in [4.69, 9.17) is 4.98 Å². The quantitative estimate of drug-likeness (QED) is 0.569. The third-order valence-corrected chi connectivity index (χ3v) is 7.63. The highest BCUT2D eigenvalue weighted by atomic mass is 16.1. The van der Waals surface area contributed by atoms with Crippen LogP contribution >= 0.6 is 0 Å². The number of nitrogens with one attached hydrogen (secondary N) is 3. The summed E-state index contributed by atoms with van der Waals surface area (Å²) in [5.74, 6) is 1.58. The molecular weight excluding hydrogens is 416 g/mol. The maximum absolute atomic E-state index is 11.7. The van der Waals surface area contributed by atoms with Gasteiger partial charge >= 0.3 is 0 Å². The van der Waals surface area contributed by atoms with E-state index in [9.17, 15) is 4.79 Å². The van der Waals surface area contributed by atoms with Crippen LogP contribution in [0.25, 0.3) is 5.65 Å². The number of nitrogens with zero attached hydrogens (tertiary/aromatic N) is 5. The normalized spacial score (nSPS) is 21.0. The summed E-state index contributed by atoms with van der Waals surface area (Å²) in [7, 11) is 0. The van der Waals surface area contributed by atoms with Gasteiger partial charge in [0.2, 0.25) is 11.9 Å². The molecule has 3 aliphatic heterocycles. The summed E-state index contributed by atoms with van der Waals surface area (Å²) in [5, 5.41) is 14.5. The minimum absolute atomic E-state index is 0.105. The largest absolute Gasteiger partial charge is 0.385 e. The maximum Gasteiger partial charge on any atom is 0.247 e. The molecule has 5 heterocycles. The zero-order valence-electron chi connectivity index (χ0n) is 19.2. The lowest BCUT2D eigenvalue weighted by Gasteiger charge is -2.38. The van der Waals surface area contributed by atoms with E-state index in [-0.39, 0.29) is 16.7 Å². The van der Waals surface area contributed by atoms with Crippen molar-refractivity contribution in [2.75, 3.05) is 41.7 Å². The van der Waals surface area contributed by atoms with Crippen LogP contribution in [0.1, 0.15) is 45.1 Å². The van der Waals surface area contributed by atoms with Gasteiger partial charge in [0, 0.05) is 56.4 Å². The van der Waals surface area contributed by atoms with Crippen LogP contribution in [0.5, 0.6) is 0 Å². The molecule has 0 bridgehead atoms. The van der Waals surface area contributed by atoms with Gasteiger partial charge in [0.1, 0.15) is 0 Å². The number of rotatable bonds is 3. The molecule has 33 heavy (non-hydrogen) atoms. The second kappa shape index (κ2) is 7.33. The number of piperidine rings is 1. The van der Waals surface area contributed by atoms with Gasteiger partial charge in [0.25, 0.3) is 0 Å². The van der Waals surface area contributed by atoms with Crippen molar-refractivity contribution in [2.45, 2.75) is 44.9 Å². The Kier molecular flexibility index (Phi) is 4.50. The lowest BCUT2D eigenvalue weighted by atomic mass is 9.78. The topological polar surface area (TPSA) is 99.5 Å². The third kappa shape index (κ3) is 3.55. The minimum Gasteiger partial charge on any atom is -0.385 e. The molecule has 9 heteroatoms. The molecule has 9 nitrogen and oxygen atoms in total. The molecule has 3 aromatic rings. The van der Waals surface area contributed by atoms with Crippen molar-refractivity contribution < 1.29 is 4.79 Å². The fourth-order valence-corrected chi connectivity index (χ4v) is 5.51. The molecule has 2 fully saturated rings. The average molecular weight is 447 g/mol. The summed E-state index contributed by atoms with van der Waals surface area (Å²) in [4.78, 5) is 23.4. The zero-order valence-corrected chi connectivity index (χ0v) is 19.2. The molecule has 0 atom stereocenters. The van der Waals surface area contributed by atoms with Gasteiger partial charge in [0.15, 0.2) is 11.5 Å². The number of amides is 1. The van der Waals surface area contributed by atoms with Crippen molar-refractivity contribution >= 4 is 34.7 Å². The first-order valence-electron chi connectivity index (χ1n) is 11.8. The fraction of sp³-hybridized carbons (Fsp3) is 0.500. The number of benzene rings is 1. The van der Waals surface area contributed by atoms with Gasteiger partial charge in [-0.25, -0.2) is 9.50 Å². The molecule has 172 valence electrons. The number of hydrogen-bond donors (Lipinski definition) is 3. The minimum atomic E-state index is 0.105. The Bertz CT molecular complexity index is 1220. The smallest absolute Gasteiger partial charge is 0.247 e. The highest BCUT2D eigenvalue weighted by Gasteiger charge is 2.41. The Morgan fingerprint density at radius 2 is 1.97 bits per heavy atom. The maximum atomic E-state index is 11.7. The van der Waals surface area contributed by atoms with Crippen LogP contribution in [0.2, 0.25) is 0 Å². The fourth-order valence-electron chi connectivity index (χ4n) is 5.51. The predicted octanol–water partition coefficient (Wildman–Crippen LogP) is 3.07. The third-order valence-electron chi connectivity index (χ3n) is 7.63. The van der Waals surface area contributed by atoms with E-state index in [1.165, 1.54) is 11.3 Å². The number of hydrogen-bond acceptors (Lipinski definition) is 7. The monoisotopic (exact) mass is 446 g/mol. The first kappa shape index (κ1) is 20.3.